The summed E-state index contributed by atoms with van der Waals surface area (Å²) < 4.78 is 0. The Morgan fingerprint density at radius 3 is 3.10 bits per heavy atom. The number of hydrogen-bond acceptors (Lipinski definition) is 4. The molecule has 0 aromatic carbocycles. The minimum Gasteiger partial charge on any atom is -0.224 e. The van der Waals surface area contributed by atoms with Crippen LogP contribution in [0.1, 0.15) is 5.69 Å². The standard InChI is InChI=1S/C5H6BrN3S/c1-10-5-8-4(2-6)3-7-9-5/h3H,2H2,1H3. The number of hydrogen-bond donors (Lipinski definition) is 0. The third kappa shape index (κ3) is 1.91. The predicted octanol–water partition coefficient (Wildman–Crippen LogP) is 1.49. The fraction of sp³-hybridized carbons (Fsp3) is 0.400. The first-order valence-electron chi connectivity index (χ1n) is 2.65. The Morgan fingerprint density at radius 1 is 1.70 bits per heavy atom. The number of nitrogens with zero attached hydrogens (tertiary/aromatic N) is 3. The topological polar surface area (TPSA) is 38.7 Å². The van der Waals surface area contributed by atoms with Gasteiger partial charge in [-0.1, -0.05) is 27.7 Å². The lowest BCUT2D eigenvalue weighted by Gasteiger charge is -1.93. The average molecular weight is 220 g/mol. The van der Waals surface area contributed by atoms with Crippen LogP contribution in [0.15, 0.2) is 11.4 Å². The Hall–Kier alpha value is -0.160. The van der Waals surface area contributed by atoms with Crippen molar-refractivity contribution in [2.24, 2.45) is 0 Å². The summed E-state index contributed by atoms with van der Waals surface area (Å²) in [6, 6.07) is 0. The van der Waals surface area contributed by atoms with Crippen LogP contribution in [0.3, 0.4) is 0 Å². The molecule has 0 aliphatic carbocycles. The molecule has 1 aromatic rings. The van der Waals surface area contributed by atoms with Crippen LogP contribution >= 0.6 is 27.7 Å². The lowest BCUT2D eigenvalue weighted by molar-refractivity contribution is 0.815. The molecule has 0 amide bonds. The van der Waals surface area contributed by atoms with Gasteiger partial charge in [0, 0.05) is 5.33 Å². The average Bonchev–Trinajstić information content (AvgIpc) is 2.05. The highest BCUT2D eigenvalue weighted by Gasteiger charge is 1.95. The molecule has 3 nitrogen and oxygen atoms in total. The van der Waals surface area contributed by atoms with E-state index in [9.17, 15) is 0 Å². The maximum atomic E-state index is 4.15. The summed E-state index contributed by atoms with van der Waals surface area (Å²) in [4.78, 5) is 4.15. The molecule has 0 spiro atoms. The van der Waals surface area contributed by atoms with Crippen LogP contribution in [0.5, 0.6) is 0 Å². The van der Waals surface area contributed by atoms with E-state index in [0.717, 1.165) is 16.2 Å². The molecule has 0 aliphatic rings. The Morgan fingerprint density at radius 2 is 2.50 bits per heavy atom. The highest BCUT2D eigenvalue weighted by atomic mass is 79.9. The molecule has 0 fully saturated rings. The zero-order valence-electron chi connectivity index (χ0n) is 5.41. The molecule has 0 atom stereocenters. The van der Waals surface area contributed by atoms with Crippen molar-refractivity contribution in [3.63, 3.8) is 0 Å². The fourth-order valence-electron chi connectivity index (χ4n) is 0.470. The Kier molecular flexibility index (Phi) is 3.08. The van der Waals surface area contributed by atoms with E-state index in [4.69, 9.17) is 0 Å². The zero-order valence-corrected chi connectivity index (χ0v) is 7.81. The van der Waals surface area contributed by atoms with Gasteiger partial charge in [-0.05, 0) is 6.26 Å². The molecule has 1 heterocycles. The van der Waals surface area contributed by atoms with E-state index >= 15 is 0 Å². The summed E-state index contributed by atoms with van der Waals surface area (Å²) in [7, 11) is 0. The second-order valence-corrected chi connectivity index (χ2v) is 2.90. The van der Waals surface area contributed by atoms with Gasteiger partial charge in [0.05, 0.1) is 11.9 Å². The molecule has 0 saturated carbocycles. The van der Waals surface area contributed by atoms with E-state index in [1.165, 1.54) is 11.8 Å². The normalized spacial score (nSPS) is 9.80. The molecule has 0 aliphatic heterocycles. The molecule has 54 valence electrons. The van der Waals surface area contributed by atoms with E-state index < -0.39 is 0 Å². The predicted molar refractivity (Wildman–Crippen MR) is 44.2 cm³/mol. The smallest absolute Gasteiger partial charge is 0.209 e. The van der Waals surface area contributed by atoms with Crippen LogP contribution in [-0.4, -0.2) is 21.4 Å². The number of halogens is 1. The Balaban J connectivity index is 2.87. The third-order valence-electron chi connectivity index (χ3n) is 0.909. The minimum atomic E-state index is 0.719. The Bertz CT molecular complexity index is 199. The summed E-state index contributed by atoms with van der Waals surface area (Å²) in [5, 5.41) is 9.00. The molecule has 1 aromatic heterocycles. The van der Waals surface area contributed by atoms with Crippen LogP contribution < -0.4 is 0 Å². The monoisotopic (exact) mass is 219 g/mol. The van der Waals surface area contributed by atoms with Gasteiger partial charge in [-0.15, -0.1) is 5.10 Å². The first kappa shape index (κ1) is 7.94. The molecule has 1 rings (SSSR count). The van der Waals surface area contributed by atoms with Crippen LogP contribution in [0.2, 0.25) is 0 Å². The number of rotatable bonds is 2. The molecular formula is C5H6BrN3S. The van der Waals surface area contributed by atoms with E-state index in [1.54, 1.807) is 6.20 Å². The summed E-state index contributed by atoms with van der Waals surface area (Å²) in [5.74, 6) is 0. The lowest BCUT2D eigenvalue weighted by atomic mass is 10.5. The van der Waals surface area contributed by atoms with Crippen molar-refractivity contribution in [2.45, 2.75) is 10.5 Å². The first-order chi connectivity index (χ1) is 4.86. The van der Waals surface area contributed by atoms with Gasteiger partial charge in [-0.2, -0.15) is 5.10 Å². The number of thioether (sulfide) groups is 1. The van der Waals surface area contributed by atoms with Gasteiger partial charge in [0.15, 0.2) is 0 Å². The molecule has 0 N–H and O–H groups in total. The van der Waals surface area contributed by atoms with E-state index in [1.807, 2.05) is 6.26 Å². The molecular weight excluding hydrogens is 214 g/mol. The third-order valence-corrected chi connectivity index (χ3v) is 2.02. The first-order valence-corrected chi connectivity index (χ1v) is 5.00. The van der Waals surface area contributed by atoms with E-state index in [0.29, 0.717) is 0 Å². The van der Waals surface area contributed by atoms with E-state index in [2.05, 4.69) is 31.1 Å². The van der Waals surface area contributed by atoms with Crippen LogP contribution in [0.4, 0.5) is 0 Å². The van der Waals surface area contributed by atoms with Crippen molar-refractivity contribution in [1.29, 1.82) is 0 Å². The molecule has 0 radical (unpaired) electrons. The van der Waals surface area contributed by atoms with Gasteiger partial charge < -0.3 is 0 Å². The van der Waals surface area contributed by atoms with Gasteiger partial charge >= 0.3 is 0 Å². The molecule has 0 bridgehead atoms. The Labute approximate surface area is 71.8 Å². The molecule has 0 unspecified atom stereocenters. The second kappa shape index (κ2) is 3.88. The minimum absolute atomic E-state index is 0.719. The summed E-state index contributed by atoms with van der Waals surface area (Å²) in [6.45, 7) is 0. The highest BCUT2D eigenvalue weighted by molar-refractivity contribution is 9.08. The SMILES string of the molecule is CSc1nncc(CBr)n1. The van der Waals surface area contributed by atoms with Gasteiger partial charge in [0.2, 0.25) is 5.16 Å². The van der Waals surface area contributed by atoms with Crippen LogP contribution in [0, 0.1) is 0 Å². The summed E-state index contributed by atoms with van der Waals surface area (Å²) in [6.07, 6.45) is 3.57. The van der Waals surface area contributed by atoms with Crippen molar-refractivity contribution in [3.8, 4) is 0 Å². The van der Waals surface area contributed by atoms with Gasteiger partial charge in [-0.3, -0.25) is 0 Å². The van der Waals surface area contributed by atoms with Gasteiger partial charge in [0.1, 0.15) is 0 Å². The summed E-state index contributed by atoms with van der Waals surface area (Å²) in [5.41, 5.74) is 0.916. The largest absolute Gasteiger partial charge is 0.224 e. The second-order valence-electron chi connectivity index (χ2n) is 1.57. The number of aromatic nitrogens is 3. The van der Waals surface area contributed by atoms with E-state index in [-0.39, 0.29) is 0 Å². The van der Waals surface area contributed by atoms with Crippen molar-refractivity contribution in [1.82, 2.24) is 15.2 Å². The fourth-order valence-corrected chi connectivity index (χ4v) is 1.08. The number of alkyl halides is 1. The van der Waals surface area contributed by atoms with Crippen molar-refractivity contribution >= 4 is 27.7 Å². The van der Waals surface area contributed by atoms with Crippen molar-refractivity contribution < 1.29 is 0 Å². The lowest BCUT2D eigenvalue weighted by Crippen LogP contribution is -1.93. The highest BCUT2D eigenvalue weighted by Crippen LogP contribution is 2.07. The van der Waals surface area contributed by atoms with Crippen LogP contribution in [0.25, 0.3) is 0 Å². The van der Waals surface area contributed by atoms with Gasteiger partial charge in [-0.25, -0.2) is 4.98 Å². The maximum Gasteiger partial charge on any atom is 0.209 e. The van der Waals surface area contributed by atoms with Crippen molar-refractivity contribution in [3.05, 3.63) is 11.9 Å². The molecule has 5 heteroatoms. The summed E-state index contributed by atoms with van der Waals surface area (Å²) >= 11 is 4.77. The zero-order chi connectivity index (χ0) is 7.40. The van der Waals surface area contributed by atoms with Crippen LogP contribution in [-0.2, 0) is 5.33 Å². The quantitative estimate of drug-likeness (QED) is 0.559. The molecule has 10 heavy (non-hydrogen) atoms. The van der Waals surface area contributed by atoms with Crippen molar-refractivity contribution in [2.75, 3.05) is 6.26 Å². The van der Waals surface area contributed by atoms with Gasteiger partial charge in [0.25, 0.3) is 0 Å². The molecule has 0 saturated heterocycles. The maximum absolute atomic E-state index is 4.15.